The summed E-state index contributed by atoms with van der Waals surface area (Å²) >= 11 is 4.70. The van der Waals surface area contributed by atoms with E-state index in [-0.39, 0.29) is 17.2 Å². The molecule has 0 bridgehead atoms. The fourth-order valence-corrected chi connectivity index (χ4v) is 4.28. The minimum atomic E-state index is -0.243. The molecular formula is C21H18BrN5O2S. The number of carbonyl (C=O) groups excluding carboxylic acids is 1. The lowest BCUT2D eigenvalue weighted by molar-refractivity contribution is -0.118. The van der Waals surface area contributed by atoms with Gasteiger partial charge in [0.1, 0.15) is 5.39 Å². The highest BCUT2D eigenvalue weighted by Crippen LogP contribution is 2.25. The Morgan fingerprint density at radius 2 is 1.90 bits per heavy atom. The van der Waals surface area contributed by atoms with Gasteiger partial charge in [-0.05, 0) is 40.0 Å². The Balaban J connectivity index is 1.52. The van der Waals surface area contributed by atoms with Crippen LogP contribution < -0.4 is 10.9 Å². The molecule has 30 heavy (non-hydrogen) atoms. The lowest BCUT2D eigenvalue weighted by Crippen LogP contribution is -2.28. The molecule has 2 N–H and O–H groups in total. The first kappa shape index (κ1) is 20.4. The van der Waals surface area contributed by atoms with Gasteiger partial charge in [-0.25, -0.2) is 4.98 Å². The Bertz CT molecular complexity index is 1240. The second kappa shape index (κ2) is 9.27. The average molecular weight is 484 g/mol. The van der Waals surface area contributed by atoms with E-state index in [0.717, 1.165) is 10.9 Å². The number of benzene rings is 2. The number of thioether (sulfide) groups is 1. The predicted octanol–water partition coefficient (Wildman–Crippen LogP) is 3.32. The first-order valence-electron chi connectivity index (χ1n) is 9.28. The van der Waals surface area contributed by atoms with Crippen molar-refractivity contribution >= 4 is 44.6 Å². The normalized spacial score (nSPS) is 11.0. The first-order valence-corrected chi connectivity index (χ1v) is 11.1. The standard InChI is InChI=1S/C21H18BrN5O2S/c22-16-8-4-5-9-17(16)27-20(29)15-12-24-26-19(15)25-21(27)30-13-18(28)23-11-10-14-6-2-1-3-7-14/h1-9,12H,10-11,13H2,(H,23,28)(H,24,26). The van der Waals surface area contributed by atoms with Gasteiger partial charge in [0.25, 0.3) is 5.56 Å². The van der Waals surface area contributed by atoms with Crippen LogP contribution in [0.25, 0.3) is 16.7 Å². The van der Waals surface area contributed by atoms with E-state index in [9.17, 15) is 9.59 Å². The number of nitrogens with zero attached hydrogens (tertiary/aromatic N) is 3. The molecule has 0 radical (unpaired) electrons. The third kappa shape index (κ3) is 4.47. The molecule has 152 valence electrons. The van der Waals surface area contributed by atoms with Gasteiger partial charge in [-0.15, -0.1) is 0 Å². The van der Waals surface area contributed by atoms with Gasteiger partial charge in [0.05, 0.1) is 17.6 Å². The van der Waals surface area contributed by atoms with E-state index in [2.05, 4.69) is 36.4 Å². The van der Waals surface area contributed by atoms with Gasteiger partial charge >= 0.3 is 0 Å². The fraction of sp³-hybridized carbons (Fsp3) is 0.143. The SMILES string of the molecule is O=C(CSc1nc2[nH]ncc2c(=O)n1-c1ccccc1Br)NCCc1ccccc1. The molecule has 0 atom stereocenters. The van der Waals surface area contributed by atoms with Crippen molar-refractivity contribution < 1.29 is 4.79 Å². The van der Waals surface area contributed by atoms with Crippen LogP contribution in [-0.2, 0) is 11.2 Å². The molecule has 4 rings (SSSR count). The van der Waals surface area contributed by atoms with E-state index >= 15 is 0 Å². The van der Waals surface area contributed by atoms with Crippen LogP contribution >= 0.6 is 27.7 Å². The highest BCUT2D eigenvalue weighted by atomic mass is 79.9. The van der Waals surface area contributed by atoms with E-state index in [1.54, 1.807) is 0 Å². The fourth-order valence-electron chi connectivity index (χ4n) is 2.99. The number of aromatic amines is 1. The molecule has 1 amide bonds. The van der Waals surface area contributed by atoms with Crippen LogP contribution in [0.1, 0.15) is 5.56 Å². The summed E-state index contributed by atoms with van der Waals surface area (Å²) in [6, 6.07) is 17.4. The molecule has 0 saturated carbocycles. The van der Waals surface area contributed by atoms with E-state index < -0.39 is 0 Å². The second-order valence-corrected chi connectivity index (χ2v) is 8.29. The van der Waals surface area contributed by atoms with E-state index in [0.29, 0.717) is 28.4 Å². The molecule has 0 aliphatic rings. The van der Waals surface area contributed by atoms with Gasteiger partial charge in [0.15, 0.2) is 10.8 Å². The van der Waals surface area contributed by atoms with Crippen LogP contribution in [0.15, 0.2) is 75.2 Å². The summed E-state index contributed by atoms with van der Waals surface area (Å²) in [7, 11) is 0. The molecule has 0 spiro atoms. The lowest BCUT2D eigenvalue weighted by Gasteiger charge is -2.13. The molecule has 2 heterocycles. The summed E-state index contributed by atoms with van der Waals surface area (Å²) in [5.41, 5.74) is 1.98. The van der Waals surface area contributed by atoms with E-state index in [4.69, 9.17) is 0 Å². The molecule has 0 unspecified atom stereocenters. The van der Waals surface area contributed by atoms with Crippen molar-refractivity contribution in [2.45, 2.75) is 11.6 Å². The molecule has 0 aliphatic heterocycles. The monoisotopic (exact) mass is 483 g/mol. The van der Waals surface area contributed by atoms with Crippen molar-refractivity contribution in [1.82, 2.24) is 25.1 Å². The quantitative estimate of drug-likeness (QED) is 0.310. The van der Waals surface area contributed by atoms with Gasteiger partial charge in [0, 0.05) is 11.0 Å². The maximum absolute atomic E-state index is 13.1. The molecule has 2 aromatic heterocycles. The van der Waals surface area contributed by atoms with Crippen LogP contribution in [0, 0.1) is 0 Å². The number of nitrogens with one attached hydrogen (secondary N) is 2. The van der Waals surface area contributed by atoms with Crippen molar-refractivity contribution in [3.05, 3.63) is 81.2 Å². The van der Waals surface area contributed by atoms with Crippen molar-refractivity contribution in [1.29, 1.82) is 0 Å². The Morgan fingerprint density at radius 3 is 2.70 bits per heavy atom. The summed E-state index contributed by atoms with van der Waals surface area (Å²) in [5.74, 6) is 0.0271. The minimum Gasteiger partial charge on any atom is -0.355 e. The molecule has 2 aromatic carbocycles. The molecule has 0 aliphatic carbocycles. The average Bonchev–Trinajstić information content (AvgIpc) is 3.23. The maximum atomic E-state index is 13.1. The first-order chi connectivity index (χ1) is 14.6. The predicted molar refractivity (Wildman–Crippen MR) is 121 cm³/mol. The highest BCUT2D eigenvalue weighted by molar-refractivity contribution is 9.10. The smallest absolute Gasteiger partial charge is 0.269 e. The summed E-state index contributed by atoms with van der Waals surface area (Å²) < 4.78 is 2.26. The Kier molecular flexibility index (Phi) is 6.29. The summed E-state index contributed by atoms with van der Waals surface area (Å²) in [6.45, 7) is 0.549. The van der Waals surface area contributed by atoms with Crippen LogP contribution in [0.4, 0.5) is 0 Å². The summed E-state index contributed by atoms with van der Waals surface area (Å²) in [4.78, 5) is 29.9. The molecule has 0 saturated heterocycles. The number of para-hydroxylation sites is 1. The number of hydrogen-bond acceptors (Lipinski definition) is 5. The molecular weight excluding hydrogens is 466 g/mol. The van der Waals surface area contributed by atoms with Gasteiger partial charge in [0.2, 0.25) is 5.91 Å². The highest BCUT2D eigenvalue weighted by Gasteiger charge is 2.17. The Labute approximate surface area is 185 Å². The van der Waals surface area contributed by atoms with Gasteiger partial charge in [-0.3, -0.25) is 19.3 Å². The zero-order valence-corrected chi connectivity index (χ0v) is 18.2. The molecule has 0 fully saturated rings. The zero-order valence-electron chi connectivity index (χ0n) is 15.8. The number of fused-ring (bicyclic) bond motifs is 1. The van der Waals surface area contributed by atoms with Gasteiger partial charge in [-0.1, -0.05) is 54.2 Å². The number of amides is 1. The third-order valence-corrected chi connectivity index (χ3v) is 6.06. The maximum Gasteiger partial charge on any atom is 0.269 e. The summed E-state index contributed by atoms with van der Waals surface area (Å²) in [5, 5.41) is 10.4. The number of aromatic nitrogens is 4. The van der Waals surface area contributed by atoms with Crippen LogP contribution in [0.2, 0.25) is 0 Å². The van der Waals surface area contributed by atoms with Crippen LogP contribution in [0.5, 0.6) is 0 Å². The van der Waals surface area contributed by atoms with E-state index in [1.165, 1.54) is 28.1 Å². The van der Waals surface area contributed by atoms with Crippen molar-refractivity contribution in [3.63, 3.8) is 0 Å². The third-order valence-electron chi connectivity index (χ3n) is 4.46. The topological polar surface area (TPSA) is 92.7 Å². The minimum absolute atomic E-state index is 0.117. The number of carbonyl (C=O) groups is 1. The number of hydrogen-bond donors (Lipinski definition) is 2. The number of H-pyrrole nitrogens is 1. The molecule has 9 heteroatoms. The zero-order chi connectivity index (χ0) is 20.9. The largest absolute Gasteiger partial charge is 0.355 e. The Morgan fingerprint density at radius 1 is 1.13 bits per heavy atom. The molecule has 7 nitrogen and oxygen atoms in total. The Hall–Kier alpha value is -2.91. The second-order valence-electron chi connectivity index (χ2n) is 6.49. The van der Waals surface area contributed by atoms with Crippen LogP contribution in [-0.4, -0.2) is 38.0 Å². The van der Waals surface area contributed by atoms with Gasteiger partial charge in [-0.2, -0.15) is 5.10 Å². The number of halogens is 1. The molecule has 4 aromatic rings. The van der Waals surface area contributed by atoms with Gasteiger partial charge < -0.3 is 5.32 Å². The van der Waals surface area contributed by atoms with Crippen molar-refractivity contribution in [2.75, 3.05) is 12.3 Å². The van der Waals surface area contributed by atoms with Crippen LogP contribution in [0.3, 0.4) is 0 Å². The lowest BCUT2D eigenvalue weighted by atomic mass is 10.1. The number of rotatable bonds is 7. The van der Waals surface area contributed by atoms with Crippen molar-refractivity contribution in [3.8, 4) is 5.69 Å². The van der Waals surface area contributed by atoms with E-state index in [1.807, 2.05) is 54.6 Å². The van der Waals surface area contributed by atoms with Crippen molar-refractivity contribution in [2.24, 2.45) is 0 Å². The summed E-state index contributed by atoms with van der Waals surface area (Å²) in [6.07, 6.45) is 2.22.